The molecule has 1 aromatic carbocycles. The smallest absolute Gasteiger partial charge is 0.357 e. The Kier molecular flexibility index (Phi) is 4.71. The Bertz CT molecular complexity index is 788. The first-order valence-electron chi connectivity index (χ1n) is 7.45. The Hall–Kier alpha value is -2.54. The van der Waals surface area contributed by atoms with Gasteiger partial charge in [-0.05, 0) is 30.0 Å². The lowest BCUT2D eigenvalue weighted by Crippen LogP contribution is -2.16. The normalized spacial score (nSPS) is 12.9. The van der Waals surface area contributed by atoms with Crippen LogP contribution in [0.5, 0.6) is 5.75 Å². The number of aromatic nitrogens is 2. The summed E-state index contributed by atoms with van der Waals surface area (Å²) in [5.41, 5.74) is 1.98. The van der Waals surface area contributed by atoms with Crippen molar-refractivity contribution in [2.24, 2.45) is 0 Å². The van der Waals surface area contributed by atoms with Crippen molar-refractivity contribution in [3.8, 4) is 5.75 Å². The van der Waals surface area contributed by atoms with Crippen molar-refractivity contribution < 1.29 is 19.1 Å². The summed E-state index contributed by atoms with van der Waals surface area (Å²) in [6, 6.07) is 5.71. The minimum absolute atomic E-state index is 0.000367. The number of aromatic amines is 1. The number of anilines is 1. The highest BCUT2D eigenvalue weighted by molar-refractivity contribution is 6.36. The fraction of sp³-hybridized carbons (Fsp3) is 0.312. The monoisotopic (exact) mass is 349 g/mol. The van der Waals surface area contributed by atoms with Crippen LogP contribution < -0.4 is 10.1 Å². The predicted molar refractivity (Wildman–Crippen MR) is 87.5 cm³/mol. The molecule has 7 nitrogen and oxygen atoms in total. The van der Waals surface area contributed by atoms with Gasteiger partial charge in [0.2, 0.25) is 5.91 Å². The number of ether oxygens (including phenoxy) is 2. The van der Waals surface area contributed by atoms with Crippen LogP contribution in [0.3, 0.4) is 0 Å². The number of nitrogens with one attached hydrogen (secondary N) is 2. The lowest BCUT2D eigenvalue weighted by atomic mass is 10.0. The van der Waals surface area contributed by atoms with Crippen LogP contribution in [0.1, 0.15) is 28.0 Å². The molecular weight excluding hydrogens is 334 g/mol. The predicted octanol–water partition coefficient (Wildman–Crippen LogP) is 2.36. The highest BCUT2D eigenvalue weighted by atomic mass is 35.5. The second-order valence-corrected chi connectivity index (χ2v) is 5.75. The molecule has 2 heterocycles. The number of benzene rings is 1. The summed E-state index contributed by atoms with van der Waals surface area (Å²) in [6.07, 6.45) is 2.09. The van der Waals surface area contributed by atoms with Crippen molar-refractivity contribution >= 4 is 29.3 Å². The average molecular weight is 350 g/mol. The van der Waals surface area contributed by atoms with Gasteiger partial charge in [-0.2, -0.15) is 5.10 Å². The molecule has 1 amide bonds. The molecule has 126 valence electrons. The zero-order valence-electron chi connectivity index (χ0n) is 13.0. The number of H-pyrrole nitrogens is 1. The molecule has 2 N–H and O–H groups in total. The number of esters is 1. The highest BCUT2D eigenvalue weighted by Gasteiger charge is 2.20. The molecule has 3 rings (SSSR count). The molecule has 8 heteroatoms. The maximum absolute atomic E-state index is 12.2. The molecule has 0 saturated heterocycles. The third-order valence-corrected chi connectivity index (χ3v) is 4.06. The van der Waals surface area contributed by atoms with E-state index in [9.17, 15) is 9.59 Å². The summed E-state index contributed by atoms with van der Waals surface area (Å²) in [4.78, 5) is 23.6. The second-order valence-electron chi connectivity index (χ2n) is 5.37. The van der Waals surface area contributed by atoms with E-state index in [-0.39, 0.29) is 28.9 Å². The number of hydrogen-bond acceptors (Lipinski definition) is 5. The molecular formula is C16H16ClN3O4. The molecule has 1 aromatic heterocycles. The zero-order valence-corrected chi connectivity index (χ0v) is 13.8. The van der Waals surface area contributed by atoms with E-state index in [0.29, 0.717) is 0 Å². The van der Waals surface area contributed by atoms with Crippen LogP contribution in [-0.4, -0.2) is 35.8 Å². The average Bonchev–Trinajstić information content (AvgIpc) is 2.94. The molecule has 2 aromatic rings. The second kappa shape index (κ2) is 6.92. The van der Waals surface area contributed by atoms with E-state index in [1.165, 1.54) is 7.11 Å². The van der Waals surface area contributed by atoms with Crippen molar-refractivity contribution in [1.82, 2.24) is 10.2 Å². The number of halogens is 1. The molecule has 1 aliphatic heterocycles. The summed E-state index contributed by atoms with van der Waals surface area (Å²) in [7, 11) is 1.23. The van der Waals surface area contributed by atoms with E-state index in [1.54, 1.807) is 0 Å². The largest absolute Gasteiger partial charge is 0.493 e. The number of aryl methyl sites for hydroxylation is 1. The van der Waals surface area contributed by atoms with Crippen LogP contribution >= 0.6 is 11.6 Å². The van der Waals surface area contributed by atoms with Crippen LogP contribution in [0.4, 0.5) is 5.82 Å². The number of nitrogens with zero attached hydrogens (tertiary/aromatic N) is 1. The van der Waals surface area contributed by atoms with Crippen LogP contribution in [0, 0.1) is 0 Å². The van der Waals surface area contributed by atoms with E-state index >= 15 is 0 Å². The molecule has 0 atom stereocenters. The fourth-order valence-corrected chi connectivity index (χ4v) is 2.74. The SMILES string of the molecule is COC(=O)c1[nH]nc(NC(=O)Cc2ccc3c(c2)CCCO3)c1Cl. The van der Waals surface area contributed by atoms with Gasteiger partial charge in [0.15, 0.2) is 11.5 Å². The van der Waals surface area contributed by atoms with Gasteiger partial charge in [0.1, 0.15) is 10.8 Å². The van der Waals surface area contributed by atoms with Gasteiger partial charge >= 0.3 is 5.97 Å². The van der Waals surface area contributed by atoms with Crippen molar-refractivity contribution in [2.75, 3.05) is 19.0 Å². The number of methoxy groups -OCH3 is 1. The summed E-state index contributed by atoms with van der Waals surface area (Å²) in [5.74, 6) is 0.0472. The first kappa shape index (κ1) is 16.3. The summed E-state index contributed by atoms with van der Waals surface area (Å²) in [6.45, 7) is 0.729. The third-order valence-electron chi connectivity index (χ3n) is 3.69. The van der Waals surface area contributed by atoms with Gasteiger partial charge in [0.25, 0.3) is 0 Å². The quantitative estimate of drug-likeness (QED) is 0.826. The highest BCUT2D eigenvalue weighted by Crippen LogP contribution is 2.26. The molecule has 0 unspecified atom stereocenters. The Balaban J connectivity index is 1.68. The van der Waals surface area contributed by atoms with Gasteiger partial charge in [-0.3, -0.25) is 9.89 Å². The maximum atomic E-state index is 12.2. The van der Waals surface area contributed by atoms with E-state index in [0.717, 1.165) is 36.3 Å². The Labute approximate surface area is 143 Å². The molecule has 1 aliphatic rings. The first-order valence-corrected chi connectivity index (χ1v) is 7.83. The van der Waals surface area contributed by atoms with Gasteiger partial charge in [0, 0.05) is 0 Å². The van der Waals surface area contributed by atoms with E-state index in [1.807, 2.05) is 18.2 Å². The minimum atomic E-state index is -0.650. The number of carbonyl (C=O) groups is 2. The first-order chi connectivity index (χ1) is 11.6. The molecule has 0 radical (unpaired) electrons. The molecule has 0 fully saturated rings. The topological polar surface area (TPSA) is 93.3 Å². The van der Waals surface area contributed by atoms with Crippen molar-refractivity contribution in [3.05, 3.63) is 40.0 Å². The minimum Gasteiger partial charge on any atom is -0.493 e. The molecule has 0 aliphatic carbocycles. The van der Waals surface area contributed by atoms with Gasteiger partial charge < -0.3 is 14.8 Å². The van der Waals surface area contributed by atoms with Crippen molar-refractivity contribution in [1.29, 1.82) is 0 Å². The third kappa shape index (κ3) is 3.35. The molecule has 0 spiro atoms. The number of rotatable bonds is 4. The number of fused-ring (bicyclic) bond motifs is 1. The lowest BCUT2D eigenvalue weighted by molar-refractivity contribution is -0.115. The maximum Gasteiger partial charge on any atom is 0.357 e. The van der Waals surface area contributed by atoms with Crippen LogP contribution in [-0.2, 0) is 22.4 Å². The Morgan fingerprint density at radius 3 is 3.08 bits per heavy atom. The Morgan fingerprint density at radius 2 is 2.29 bits per heavy atom. The van der Waals surface area contributed by atoms with Crippen molar-refractivity contribution in [2.45, 2.75) is 19.3 Å². The molecule has 24 heavy (non-hydrogen) atoms. The summed E-state index contributed by atoms with van der Waals surface area (Å²) >= 11 is 6.01. The van der Waals surface area contributed by atoms with E-state index < -0.39 is 5.97 Å². The van der Waals surface area contributed by atoms with Crippen LogP contribution in [0.15, 0.2) is 18.2 Å². The fourth-order valence-electron chi connectivity index (χ4n) is 2.53. The van der Waals surface area contributed by atoms with Gasteiger partial charge in [-0.25, -0.2) is 4.79 Å². The lowest BCUT2D eigenvalue weighted by Gasteiger charge is -2.17. The molecule has 0 saturated carbocycles. The van der Waals surface area contributed by atoms with E-state index in [4.69, 9.17) is 16.3 Å². The van der Waals surface area contributed by atoms with Crippen molar-refractivity contribution in [3.63, 3.8) is 0 Å². The summed E-state index contributed by atoms with van der Waals surface area (Å²) in [5, 5.41) is 8.88. The van der Waals surface area contributed by atoms with Gasteiger partial charge in [0.05, 0.1) is 20.1 Å². The number of hydrogen-bond donors (Lipinski definition) is 2. The van der Waals surface area contributed by atoms with Gasteiger partial charge in [-0.1, -0.05) is 23.7 Å². The van der Waals surface area contributed by atoms with Crippen LogP contribution in [0.25, 0.3) is 0 Å². The zero-order chi connectivity index (χ0) is 17.1. The van der Waals surface area contributed by atoms with Crippen LogP contribution in [0.2, 0.25) is 5.02 Å². The standard InChI is InChI=1S/C16H16ClN3O4/c1-23-16(22)14-13(17)15(20-19-14)18-12(21)8-9-4-5-11-10(7-9)3-2-6-24-11/h4-5,7H,2-3,6,8H2,1H3,(H2,18,19,20,21). The number of carbonyl (C=O) groups excluding carboxylic acids is 2. The van der Waals surface area contributed by atoms with E-state index in [2.05, 4.69) is 20.3 Å². The molecule has 0 bridgehead atoms. The summed E-state index contributed by atoms with van der Waals surface area (Å²) < 4.78 is 10.1. The van der Waals surface area contributed by atoms with Gasteiger partial charge in [-0.15, -0.1) is 0 Å². The number of amides is 1. The Morgan fingerprint density at radius 1 is 1.46 bits per heavy atom.